The maximum atomic E-state index is 12.2. The lowest BCUT2D eigenvalue weighted by Crippen LogP contribution is -2.17. The van der Waals surface area contributed by atoms with Crippen molar-refractivity contribution in [3.8, 4) is 6.07 Å². The summed E-state index contributed by atoms with van der Waals surface area (Å²) in [5.74, 6) is -0.634. The number of benzene rings is 2. The van der Waals surface area contributed by atoms with Crippen LogP contribution in [0.4, 0.5) is 11.4 Å². The molecule has 0 aliphatic carbocycles. The van der Waals surface area contributed by atoms with Crippen LogP contribution >= 0.6 is 0 Å². The van der Waals surface area contributed by atoms with Gasteiger partial charge in [-0.1, -0.05) is 18.2 Å². The molecule has 2 aromatic rings. The molecule has 0 radical (unpaired) electrons. The molecular weight excluding hydrogens is 342 g/mol. The van der Waals surface area contributed by atoms with Gasteiger partial charge in [-0.15, -0.1) is 0 Å². The summed E-state index contributed by atoms with van der Waals surface area (Å²) >= 11 is 0. The van der Waals surface area contributed by atoms with E-state index < -0.39 is 16.0 Å². The molecule has 0 saturated carbocycles. The molecule has 0 unspecified atom stereocenters. The third kappa shape index (κ3) is 4.91. The smallest absolute Gasteiger partial charge is 0.294 e. The molecule has 0 saturated heterocycles. The maximum Gasteiger partial charge on any atom is 0.294 e. The summed E-state index contributed by atoms with van der Waals surface area (Å²) < 4.78 is 30.9. The molecule has 0 aliphatic rings. The zero-order valence-corrected chi connectivity index (χ0v) is 14.1. The number of para-hydroxylation sites is 1. The van der Waals surface area contributed by atoms with Gasteiger partial charge in [0.05, 0.1) is 4.90 Å². The zero-order valence-electron chi connectivity index (χ0n) is 13.2. The first-order chi connectivity index (χ1) is 11.8. The fourth-order valence-corrected chi connectivity index (χ4v) is 2.46. The summed E-state index contributed by atoms with van der Waals surface area (Å²) in [5, 5.41) is 11.7. The van der Waals surface area contributed by atoms with Crippen LogP contribution in [0.2, 0.25) is 0 Å². The number of rotatable bonds is 5. The van der Waals surface area contributed by atoms with E-state index in [4.69, 9.17) is 4.55 Å². The highest BCUT2D eigenvalue weighted by Crippen LogP contribution is 2.16. The first-order valence-corrected chi connectivity index (χ1v) is 8.54. The number of anilines is 2. The minimum Gasteiger partial charge on any atom is -0.350 e. The molecule has 2 aromatic carbocycles. The van der Waals surface area contributed by atoms with E-state index in [0.717, 1.165) is 17.8 Å². The Bertz CT molecular complexity index is 930. The number of nitrogens with zero attached hydrogens (tertiary/aromatic N) is 2. The summed E-state index contributed by atoms with van der Waals surface area (Å²) in [4.78, 5) is 13.5. The van der Waals surface area contributed by atoms with Crippen molar-refractivity contribution in [1.29, 1.82) is 5.26 Å². The van der Waals surface area contributed by atoms with Crippen molar-refractivity contribution in [2.45, 2.75) is 4.90 Å². The van der Waals surface area contributed by atoms with E-state index in [1.807, 2.05) is 36.4 Å². The molecule has 2 rings (SSSR count). The third-order valence-corrected chi connectivity index (χ3v) is 4.13. The van der Waals surface area contributed by atoms with Gasteiger partial charge in [-0.25, -0.2) is 0 Å². The highest BCUT2D eigenvalue weighted by atomic mass is 32.2. The number of carbonyl (C=O) groups excluding carboxylic acids is 1. The van der Waals surface area contributed by atoms with Crippen LogP contribution in [0.3, 0.4) is 0 Å². The molecule has 0 heterocycles. The molecule has 0 bridgehead atoms. The van der Waals surface area contributed by atoms with Crippen LogP contribution in [0.1, 0.15) is 0 Å². The van der Waals surface area contributed by atoms with Crippen LogP contribution < -0.4 is 10.2 Å². The van der Waals surface area contributed by atoms with E-state index in [9.17, 15) is 18.5 Å². The summed E-state index contributed by atoms with van der Waals surface area (Å²) in [5.41, 5.74) is 0.978. The highest BCUT2D eigenvalue weighted by Gasteiger charge is 2.13. The van der Waals surface area contributed by atoms with Gasteiger partial charge in [-0.3, -0.25) is 9.35 Å². The number of nitriles is 1. The van der Waals surface area contributed by atoms with E-state index in [-0.39, 0.29) is 10.5 Å². The molecule has 128 valence electrons. The zero-order chi connectivity index (χ0) is 18.4. The molecule has 0 atom stereocenters. The molecular formula is C17H15N3O4S. The van der Waals surface area contributed by atoms with E-state index >= 15 is 0 Å². The topological polar surface area (TPSA) is 111 Å². The summed E-state index contributed by atoms with van der Waals surface area (Å²) in [7, 11) is -2.59. The Morgan fingerprint density at radius 2 is 1.76 bits per heavy atom. The Morgan fingerprint density at radius 3 is 2.28 bits per heavy atom. The Balaban J connectivity index is 2.15. The van der Waals surface area contributed by atoms with Crippen LogP contribution in [-0.2, 0) is 14.9 Å². The van der Waals surface area contributed by atoms with Crippen LogP contribution in [0.25, 0.3) is 0 Å². The van der Waals surface area contributed by atoms with E-state index in [0.29, 0.717) is 5.69 Å². The van der Waals surface area contributed by atoms with Crippen molar-refractivity contribution >= 4 is 27.4 Å². The molecule has 7 nitrogen and oxygen atoms in total. The normalized spacial score (nSPS) is 11.5. The maximum absolute atomic E-state index is 12.2. The monoisotopic (exact) mass is 357 g/mol. The van der Waals surface area contributed by atoms with Gasteiger partial charge in [0.25, 0.3) is 16.0 Å². The van der Waals surface area contributed by atoms with Crippen LogP contribution in [-0.4, -0.2) is 25.9 Å². The Hall–Kier alpha value is -3.15. The van der Waals surface area contributed by atoms with Gasteiger partial charge in [-0.05, 0) is 36.4 Å². The van der Waals surface area contributed by atoms with Gasteiger partial charge >= 0.3 is 0 Å². The van der Waals surface area contributed by atoms with E-state index in [1.165, 1.54) is 18.3 Å². The van der Waals surface area contributed by atoms with Gasteiger partial charge in [0, 0.05) is 24.6 Å². The number of carbonyl (C=O) groups is 1. The predicted molar refractivity (Wildman–Crippen MR) is 93.4 cm³/mol. The van der Waals surface area contributed by atoms with Crippen molar-refractivity contribution in [2.24, 2.45) is 0 Å². The molecule has 0 aromatic heterocycles. The fourth-order valence-electron chi connectivity index (χ4n) is 1.98. The van der Waals surface area contributed by atoms with Crippen molar-refractivity contribution < 1.29 is 17.8 Å². The second kappa shape index (κ2) is 7.61. The summed E-state index contributed by atoms with van der Waals surface area (Å²) in [6.07, 6.45) is 1.40. The number of hydrogen-bond acceptors (Lipinski definition) is 5. The van der Waals surface area contributed by atoms with Crippen molar-refractivity contribution in [2.75, 3.05) is 17.3 Å². The van der Waals surface area contributed by atoms with Gasteiger partial charge in [0.1, 0.15) is 11.6 Å². The molecule has 2 N–H and O–H groups in total. The molecule has 0 fully saturated rings. The van der Waals surface area contributed by atoms with Crippen LogP contribution in [0.15, 0.2) is 71.3 Å². The van der Waals surface area contributed by atoms with E-state index in [2.05, 4.69) is 5.32 Å². The minimum absolute atomic E-state index is 0.120. The van der Waals surface area contributed by atoms with Crippen LogP contribution in [0.5, 0.6) is 0 Å². The van der Waals surface area contributed by atoms with Crippen LogP contribution in [0, 0.1) is 11.3 Å². The van der Waals surface area contributed by atoms with Gasteiger partial charge in [0.15, 0.2) is 0 Å². The Morgan fingerprint density at radius 1 is 1.16 bits per heavy atom. The number of nitrogens with one attached hydrogen (secondary N) is 1. The fraction of sp³-hybridized carbons (Fsp3) is 0.0588. The Labute approximate surface area is 145 Å². The molecule has 0 spiro atoms. The van der Waals surface area contributed by atoms with Crippen molar-refractivity contribution in [3.05, 3.63) is 66.4 Å². The predicted octanol–water partition coefficient (Wildman–Crippen LogP) is 2.42. The average molecular weight is 357 g/mol. The second-order valence-electron chi connectivity index (χ2n) is 5.05. The largest absolute Gasteiger partial charge is 0.350 e. The summed E-state index contributed by atoms with van der Waals surface area (Å²) in [6.45, 7) is 0. The lowest BCUT2D eigenvalue weighted by atomic mass is 10.2. The standard InChI is InChI=1S/C17H15N3O4S/c1-20(15-5-3-2-4-6-15)12-13(11-18)17(21)19-14-7-9-16(10-8-14)25(22,23)24/h2-10,12H,1H3,(H,19,21)(H,22,23,24)/b13-12-. The van der Waals surface area contributed by atoms with Crippen molar-refractivity contribution in [1.82, 2.24) is 0 Å². The molecule has 25 heavy (non-hydrogen) atoms. The van der Waals surface area contributed by atoms with Gasteiger partial charge < -0.3 is 10.2 Å². The van der Waals surface area contributed by atoms with E-state index in [1.54, 1.807) is 11.9 Å². The SMILES string of the molecule is CN(/C=C(/C#N)C(=O)Nc1ccc(S(=O)(=O)O)cc1)c1ccccc1. The highest BCUT2D eigenvalue weighted by molar-refractivity contribution is 7.85. The quantitative estimate of drug-likeness (QED) is 0.483. The molecule has 0 aliphatic heterocycles. The first-order valence-electron chi connectivity index (χ1n) is 7.10. The van der Waals surface area contributed by atoms with Crippen molar-refractivity contribution in [3.63, 3.8) is 0 Å². The number of hydrogen-bond donors (Lipinski definition) is 2. The molecule has 8 heteroatoms. The lowest BCUT2D eigenvalue weighted by molar-refractivity contribution is -0.112. The molecule has 1 amide bonds. The Kier molecular flexibility index (Phi) is 5.54. The second-order valence-corrected chi connectivity index (χ2v) is 6.48. The minimum atomic E-state index is -4.30. The summed E-state index contributed by atoms with van der Waals surface area (Å²) in [6, 6.07) is 16.0. The lowest BCUT2D eigenvalue weighted by Gasteiger charge is -2.14. The first kappa shape index (κ1) is 18.2. The third-order valence-electron chi connectivity index (χ3n) is 3.26. The number of amides is 1. The van der Waals surface area contributed by atoms with Gasteiger partial charge in [-0.2, -0.15) is 13.7 Å². The average Bonchev–Trinajstić information content (AvgIpc) is 2.59. The van der Waals surface area contributed by atoms with Gasteiger partial charge in [0.2, 0.25) is 0 Å².